The van der Waals surface area contributed by atoms with Gasteiger partial charge in [-0.25, -0.2) is 0 Å². The number of rotatable bonds is 7. The number of nitro groups is 1. The monoisotopic (exact) mass is 446 g/mol. The highest BCUT2D eigenvalue weighted by Gasteiger charge is 2.33. The van der Waals surface area contributed by atoms with Gasteiger partial charge in [0.1, 0.15) is 17.2 Å². The van der Waals surface area contributed by atoms with Crippen molar-refractivity contribution in [2.75, 3.05) is 0 Å². The first-order valence-corrected chi connectivity index (χ1v) is 8.64. The van der Waals surface area contributed by atoms with Crippen LogP contribution in [0.2, 0.25) is 5.02 Å². The number of hydrogen-bond acceptors (Lipinski definition) is 7. The summed E-state index contributed by atoms with van der Waals surface area (Å²) < 4.78 is 48.7. The lowest BCUT2D eigenvalue weighted by molar-refractivity contribution is -0.522. The van der Waals surface area contributed by atoms with Gasteiger partial charge in [0.25, 0.3) is 0 Å². The smallest absolute Gasteiger partial charge is 0.416 e. The van der Waals surface area contributed by atoms with Crippen LogP contribution in [0.25, 0.3) is 0 Å². The van der Waals surface area contributed by atoms with Crippen LogP contribution >= 0.6 is 11.6 Å². The first kappa shape index (κ1) is 23.1. The zero-order valence-electron chi connectivity index (χ0n) is 15.5. The van der Waals surface area contributed by atoms with Crippen LogP contribution in [0.3, 0.4) is 0 Å². The zero-order valence-corrected chi connectivity index (χ0v) is 16.2. The van der Waals surface area contributed by atoms with Crippen LogP contribution < -0.4 is 9.47 Å². The Balaban J connectivity index is 2.46. The zero-order chi connectivity index (χ0) is 22.6. The molecule has 0 heterocycles. The summed E-state index contributed by atoms with van der Waals surface area (Å²) in [5.74, 6) is -1.04. The number of nitrogens with zero attached hydrogens (tertiary/aromatic N) is 2. The molecule has 0 aliphatic rings. The molecule has 0 amide bonds. The normalized spacial score (nSPS) is 13.3. The summed E-state index contributed by atoms with van der Waals surface area (Å²) in [5, 5.41) is 13.5. The molecule has 30 heavy (non-hydrogen) atoms. The van der Waals surface area contributed by atoms with E-state index < -0.39 is 34.7 Å². The number of carbonyl (C=O) groups is 1. The van der Waals surface area contributed by atoms with Gasteiger partial charge in [-0.2, -0.15) is 13.2 Å². The summed E-state index contributed by atoms with van der Waals surface area (Å²) in [4.78, 5) is 33.0. The van der Waals surface area contributed by atoms with Crippen LogP contribution in [-0.2, 0) is 11.0 Å². The molecule has 160 valence electrons. The lowest BCUT2D eigenvalue weighted by Crippen LogP contribution is -2.23. The highest BCUT2D eigenvalue weighted by Crippen LogP contribution is 2.39. The van der Waals surface area contributed by atoms with Gasteiger partial charge >= 0.3 is 12.1 Å². The Kier molecular flexibility index (Phi) is 6.98. The van der Waals surface area contributed by atoms with E-state index in [1.165, 1.54) is 18.2 Å². The third-order valence-corrected chi connectivity index (χ3v) is 4.24. The predicted molar refractivity (Wildman–Crippen MR) is 99.3 cm³/mol. The Morgan fingerprint density at radius 2 is 1.83 bits per heavy atom. The largest absolute Gasteiger partial charge is 0.456 e. The van der Waals surface area contributed by atoms with Crippen molar-refractivity contribution in [3.63, 3.8) is 0 Å². The summed E-state index contributed by atoms with van der Waals surface area (Å²) in [5.41, 5.74) is -1.08. The van der Waals surface area contributed by atoms with Crippen molar-refractivity contribution in [3.05, 3.63) is 67.6 Å². The molecule has 0 saturated heterocycles. The molecule has 2 aromatic carbocycles. The van der Waals surface area contributed by atoms with Crippen LogP contribution in [0.5, 0.6) is 17.2 Å². The van der Waals surface area contributed by atoms with Gasteiger partial charge in [-0.3, -0.25) is 14.9 Å². The van der Waals surface area contributed by atoms with Gasteiger partial charge in [0.2, 0.25) is 6.04 Å². The molecule has 0 spiro atoms. The van der Waals surface area contributed by atoms with E-state index in [9.17, 15) is 33.0 Å². The van der Waals surface area contributed by atoms with Crippen molar-refractivity contribution in [1.82, 2.24) is 0 Å². The fraction of sp³-hybridized carbons (Fsp3) is 0.278. The molecule has 0 bridgehead atoms. The molecule has 0 N–H and O–H groups in total. The summed E-state index contributed by atoms with van der Waals surface area (Å²) in [7, 11) is 0. The summed E-state index contributed by atoms with van der Waals surface area (Å²) in [6.45, 7) is 2.24. The standard InChI is InChI=1S/C18H14ClF3N2O6/c1-9(24(27)28)17(23-26)13-8-12(4-6-15(13)29-10(2)25)30-16-5-3-11(7-14(16)19)18(20,21)22/h3-9,17H,1-2H3. The van der Waals surface area contributed by atoms with E-state index in [4.69, 9.17) is 21.1 Å². The van der Waals surface area contributed by atoms with Crippen LogP contribution in [-0.4, -0.2) is 16.9 Å². The van der Waals surface area contributed by atoms with Gasteiger partial charge in [0.05, 0.1) is 10.6 Å². The predicted octanol–water partition coefficient (Wildman–Crippen LogP) is 5.55. The molecule has 0 aliphatic heterocycles. The van der Waals surface area contributed by atoms with E-state index in [1.807, 2.05) is 0 Å². The maximum absolute atomic E-state index is 12.8. The second kappa shape index (κ2) is 9.08. The SMILES string of the molecule is CC(=O)Oc1ccc(Oc2ccc(C(F)(F)F)cc2Cl)cc1C(N=O)C(C)[N+](=O)[O-]. The number of esters is 1. The van der Waals surface area contributed by atoms with Gasteiger partial charge in [0, 0.05) is 24.3 Å². The van der Waals surface area contributed by atoms with Crippen LogP contribution in [0.1, 0.15) is 31.0 Å². The molecule has 8 nitrogen and oxygen atoms in total. The van der Waals surface area contributed by atoms with E-state index in [1.54, 1.807) is 0 Å². The number of ether oxygens (including phenoxy) is 2. The first-order valence-electron chi connectivity index (χ1n) is 8.27. The van der Waals surface area contributed by atoms with E-state index in [0.29, 0.717) is 6.07 Å². The first-order chi connectivity index (χ1) is 13.9. The number of nitroso groups, excluding NO2 is 1. The highest BCUT2D eigenvalue weighted by molar-refractivity contribution is 6.32. The minimum absolute atomic E-state index is 0.0215. The van der Waals surface area contributed by atoms with Crippen molar-refractivity contribution in [2.45, 2.75) is 32.1 Å². The number of hydrogen-bond donors (Lipinski definition) is 0. The molecule has 0 aliphatic carbocycles. The van der Waals surface area contributed by atoms with E-state index >= 15 is 0 Å². The van der Waals surface area contributed by atoms with E-state index in [2.05, 4.69) is 5.18 Å². The molecule has 0 saturated carbocycles. The molecule has 0 radical (unpaired) electrons. The van der Waals surface area contributed by atoms with Gasteiger partial charge in [-0.1, -0.05) is 16.8 Å². The van der Waals surface area contributed by atoms with Crippen LogP contribution in [0.15, 0.2) is 41.6 Å². The van der Waals surface area contributed by atoms with E-state index in [0.717, 1.165) is 26.0 Å². The maximum atomic E-state index is 12.8. The Hall–Kier alpha value is -3.21. The fourth-order valence-corrected chi connectivity index (χ4v) is 2.69. The Bertz CT molecular complexity index is 983. The Labute approximate surface area is 172 Å². The molecule has 2 aromatic rings. The topological polar surface area (TPSA) is 108 Å². The molecule has 2 unspecified atom stereocenters. The van der Waals surface area contributed by atoms with Gasteiger partial charge in [0.15, 0.2) is 6.04 Å². The van der Waals surface area contributed by atoms with Crippen molar-refractivity contribution < 1.29 is 32.4 Å². The Morgan fingerprint density at radius 1 is 1.20 bits per heavy atom. The fourth-order valence-electron chi connectivity index (χ4n) is 2.48. The van der Waals surface area contributed by atoms with Crippen molar-refractivity contribution in [2.24, 2.45) is 5.18 Å². The number of benzene rings is 2. The quantitative estimate of drug-likeness (QED) is 0.181. The van der Waals surface area contributed by atoms with Gasteiger partial charge in [-0.15, -0.1) is 4.91 Å². The lowest BCUT2D eigenvalue weighted by atomic mass is 10.0. The molecule has 0 fully saturated rings. The minimum atomic E-state index is -4.59. The summed E-state index contributed by atoms with van der Waals surface area (Å²) in [6, 6.07) is 3.12. The third kappa shape index (κ3) is 5.44. The number of halogens is 4. The number of alkyl halides is 3. The van der Waals surface area contributed by atoms with Crippen LogP contribution in [0, 0.1) is 15.0 Å². The van der Waals surface area contributed by atoms with E-state index in [-0.39, 0.29) is 27.8 Å². The number of carbonyl (C=O) groups excluding carboxylic acids is 1. The maximum Gasteiger partial charge on any atom is 0.416 e. The minimum Gasteiger partial charge on any atom is -0.456 e. The summed E-state index contributed by atoms with van der Waals surface area (Å²) in [6.07, 6.45) is -4.59. The van der Waals surface area contributed by atoms with Crippen molar-refractivity contribution in [1.29, 1.82) is 0 Å². The molecular formula is C18H14ClF3N2O6. The summed E-state index contributed by atoms with van der Waals surface area (Å²) >= 11 is 5.85. The average Bonchev–Trinajstić information content (AvgIpc) is 2.64. The molecule has 0 aromatic heterocycles. The van der Waals surface area contributed by atoms with Gasteiger partial charge < -0.3 is 9.47 Å². The average molecular weight is 447 g/mol. The van der Waals surface area contributed by atoms with Crippen molar-refractivity contribution >= 4 is 17.6 Å². The molecule has 2 rings (SSSR count). The second-order valence-electron chi connectivity index (χ2n) is 6.11. The second-order valence-corrected chi connectivity index (χ2v) is 6.52. The van der Waals surface area contributed by atoms with Crippen LogP contribution in [0.4, 0.5) is 13.2 Å². The highest BCUT2D eigenvalue weighted by atomic mass is 35.5. The van der Waals surface area contributed by atoms with Gasteiger partial charge in [-0.05, 0) is 36.4 Å². The lowest BCUT2D eigenvalue weighted by Gasteiger charge is -2.17. The Morgan fingerprint density at radius 3 is 2.33 bits per heavy atom. The molecule has 2 atom stereocenters. The van der Waals surface area contributed by atoms with Crippen molar-refractivity contribution in [3.8, 4) is 17.2 Å². The molecular weight excluding hydrogens is 433 g/mol. The molecule has 12 heteroatoms. The third-order valence-electron chi connectivity index (χ3n) is 3.94.